The Kier molecular flexibility index (Phi) is 5.86. The van der Waals surface area contributed by atoms with E-state index in [0.29, 0.717) is 5.69 Å². The van der Waals surface area contributed by atoms with Crippen molar-refractivity contribution < 1.29 is 23.1 Å². The van der Waals surface area contributed by atoms with Gasteiger partial charge in [0.05, 0.1) is 11.8 Å². The Morgan fingerprint density at radius 2 is 1.86 bits per heavy atom. The van der Waals surface area contributed by atoms with Gasteiger partial charge in [-0.15, -0.1) is 0 Å². The minimum atomic E-state index is -3.23. The number of hydrogen-bond acceptors (Lipinski definition) is 5. The molecule has 0 aliphatic heterocycles. The summed E-state index contributed by atoms with van der Waals surface area (Å²) in [7, 11) is -3.23. The molecule has 1 aromatic carbocycles. The van der Waals surface area contributed by atoms with Gasteiger partial charge in [-0.25, -0.2) is 8.42 Å². The number of benzene rings is 1. The summed E-state index contributed by atoms with van der Waals surface area (Å²) in [6, 6.07) is 7.17. The summed E-state index contributed by atoms with van der Waals surface area (Å²) in [6.45, 7) is -0.532. The largest absolute Gasteiger partial charge is 0.480 e. The summed E-state index contributed by atoms with van der Waals surface area (Å²) in [5.74, 6) is -2.02. The van der Waals surface area contributed by atoms with Crippen LogP contribution in [0.15, 0.2) is 30.3 Å². The first-order chi connectivity index (χ1) is 9.70. The second-order valence-corrected chi connectivity index (χ2v) is 6.94. The van der Waals surface area contributed by atoms with Gasteiger partial charge in [-0.05, 0) is 18.6 Å². The molecule has 1 unspecified atom stereocenters. The van der Waals surface area contributed by atoms with Crippen LogP contribution in [0.4, 0.5) is 5.69 Å². The van der Waals surface area contributed by atoms with Crippen molar-refractivity contribution in [3.05, 3.63) is 30.3 Å². The number of sulfone groups is 1. The SMILES string of the molecule is CS(=O)(=O)CCC(N)C(=O)N(CC(=O)O)c1ccccc1. The molecule has 21 heavy (non-hydrogen) atoms. The molecule has 0 radical (unpaired) electrons. The van der Waals surface area contributed by atoms with E-state index in [4.69, 9.17) is 10.8 Å². The van der Waals surface area contributed by atoms with Crippen LogP contribution in [-0.4, -0.2) is 50.0 Å². The molecular weight excluding hydrogens is 296 g/mol. The molecule has 0 saturated heterocycles. The smallest absolute Gasteiger partial charge is 0.323 e. The fraction of sp³-hybridized carbons (Fsp3) is 0.385. The number of carbonyl (C=O) groups excluding carboxylic acids is 1. The highest BCUT2D eigenvalue weighted by Crippen LogP contribution is 2.14. The van der Waals surface area contributed by atoms with Gasteiger partial charge in [-0.1, -0.05) is 18.2 Å². The molecule has 0 saturated carbocycles. The number of hydrogen-bond donors (Lipinski definition) is 2. The van der Waals surface area contributed by atoms with Crippen molar-refractivity contribution in [1.29, 1.82) is 0 Å². The Hall–Kier alpha value is -1.93. The van der Waals surface area contributed by atoms with Crippen LogP contribution in [0.1, 0.15) is 6.42 Å². The molecule has 0 heterocycles. The van der Waals surface area contributed by atoms with Crippen LogP contribution in [0.25, 0.3) is 0 Å². The predicted octanol–water partition coefficient (Wildman–Crippen LogP) is -0.134. The standard InChI is InChI=1S/C13H18N2O5S/c1-21(19,20)8-7-11(14)13(18)15(9-12(16)17)10-5-3-2-4-6-10/h2-6,11H,7-9,14H2,1H3,(H,16,17). The van der Waals surface area contributed by atoms with E-state index in [-0.39, 0.29) is 12.2 Å². The van der Waals surface area contributed by atoms with Crippen molar-refractivity contribution in [3.63, 3.8) is 0 Å². The van der Waals surface area contributed by atoms with E-state index in [0.717, 1.165) is 11.2 Å². The van der Waals surface area contributed by atoms with Gasteiger partial charge in [0.25, 0.3) is 0 Å². The molecule has 1 atom stereocenters. The summed E-state index contributed by atoms with van der Waals surface area (Å²) in [4.78, 5) is 24.2. The second-order valence-electron chi connectivity index (χ2n) is 4.68. The van der Waals surface area contributed by atoms with E-state index < -0.39 is 34.3 Å². The minimum Gasteiger partial charge on any atom is -0.480 e. The van der Waals surface area contributed by atoms with E-state index in [1.54, 1.807) is 30.3 Å². The van der Waals surface area contributed by atoms with Gasteiger partial charge in [-0.3, -0.25) is 14.5 Å². The third-order valence-electron chi connectivity index (χ3n) is 2.74. The topological polar surface area (TPSA) is 118 Å². The fourth-order valence-corrected chi connectivity index (χ4v) is 2.39. The Balaban J connectivity index is 2.88. The number of para-hydroxylation sites is 1. The van der Waals surface area contributed by atoms with Gasteiger partial charge in [0.1, 0.15) is 16.4 Å². The highest BCUT2D eigenvalue weighted by Gasteiger charge is 2.25. The van der Waals surface area contributed by atoms with Gasteiger partial charge < -0.3 is 10.8 Å². The zero-order valence-electron chi connectivity index (χ0n) is 11.6. The van der Waals surface area contributed by atoms with E-state index in [9.17, 15) is 18.0 Å². The Labute approximate surface area is 123 Å². The lowest BCUT2D eigenvalue weighted by molar-refractivity contribution is -0.136. The number of carboxylic acids is 1. The van der Waals surface area contributed by atoms with Crippen molar-refractivity contribution in [2.45, 2.75) is 12.5 Å². The number of carbonyl (C=O) groups is 2. The third-order valence-corrected chi connectivity index (χ3v) is 3.72. The van der Waals surface area contributed by atoms with Crippen LogP contribution in [0.3, 0.4) is 0 Å². The molecule has 7 nitrogen and oxygen atoms in total. The molecule has 1 rings (SSSR count). The summed E-state index contributed by atoms with van der Waals surface area (Å²) >= 11 is 0. The number of carboxylic acid groups (broad SMARTS) is 1. The highest BCUT2D eigenvalue weighted by molar-refractivity contribution is 7.90. The van der Waals surface area contributed by atoms with Crippen molar-refractivity contribution in [2.24, 2.45) is 5.73 Å². The molecule has 0 fully saturated rings. The Morgan fingerprint density at radius 1 is 1.29 bits per heavy atom. The zero-order valence-corrected chi connectivity index (χ0v) is 12.4. The molecular formula is C13H18N2O5S. The van der Waals surface area contributed by atoms with Crippen LogP contribution in [0.5, 0.6) is 0 Å². The van der Waals surface area contributed by atoms with Crippen LogP contribution in [0, 0.1) is 0 Å². The molecule has 3 N–H and O–H groups in total. The maximum atomic E-state index is 12.2. The van der Waals surface area contributed by atoms with Gasteiger partial charge in [-0.2, -0.15) is 0 Å². The number of anilines is 1. The number of nitrogens with two attached hydrogens (primary N) is 1. The molecule has 8 heteroatoms. The fourth-order valence-electron chi connectivity index (χ4n) is 1.70. The first-order valence-electron chi connectivity index (χ1n) is 6.22. The van der Waals surface area contributed by atoms with E-state index in [1.165, 1.54) is 0 Å². The predicted molar refractivity (Wildman–Crippen MR) is 78.7 cm³/mol. The number of amides is 1. The first kappa shape index (κ1) is 17.1. The summed E-state index contributed by atoms with van der Waals surface area (Å²) in [5, 5.41) is 8.90. The molecule has 0 spiro atoms. The van der Waals surface area contributed by atoms with Crippen molar-refractivity contribution in [3.8, 4) is 0 Å². The van der Waals surface area contributed by atoms with Gasteiger partial charge in [0.15, 0.2) is 0 Å². The number of aliphatic carboxylic acids is 1. The normalized spacial score (nSPS) is 12.7. The van der Waals surface area contributed by atoms with E-state index >= 15 is 0 Å². The molecule has 0 bridgehead atoms. The Bertz CT molecular complexity index is 600. The van der Waals surface area contributed by atoms with Crippen LogP contribution in [-0.2, 0) is 19.4 Å². The van der Waals surface area contributed by atoms with Crippen molar-refractivity contribution in [1.82, 2.24) is 0 Å². The van der Waals surface area contributed by atoms with Gasteiger partial charge in [0.2, 0.25) is 5.91 Å². The molecule has 0 aliphatic rings. The number of rotatable bonds is 7. The molecule has 1 aromatic rings. The van der Waals surface area contributed by atoms with Crippen molar-refractivity contribution >= 4 is 27.4 Å². The highest BCUT2D eigenvalue weighted by atomic mass is 32.2. The maximum absolute atomic E-state index is 12.2. The van der Waals surface area contributed by atoms with Crippen molar-refractivity contribution in [2.75, 3.05) is 23.5 Å². The lowest BCUT2D eigenvalue weighted by atomic mass is 10.2. The maximum Gasteiger partial charge on any atom is 0.323 e. The average Bonchev–Trinajstić information content (AvgIpc) is 2.41. The lowest BCUT2D eigenvalue weighted by Crippen LogP contribution is -2.46. The monoisotopic (exact) mass is 314 g/mol. The quantitative estimate of drug-likeness (QED) is 0.723. The molecule has 0 aromatic heterocycles. The molecule has 116 valence electrons. The summed E-state index contributed by atoms with van der Waals surface area (Å²) < 4.78 is 22.2. The van der Waals surface area contributed by atoms with Crippen LogP contribution >= 0.6 is 0 Å². The first-order valence-corrected chi connectivity index (χ1v) is 8.28. The summed E-state index contributed by atoms with van der Waals surface area (Å²) in [6.07, 6.45) is 0.997. The van der Waals surface area contributed by atoms with Gasteiger partial charge >= 0.3 is 5.97 Å². The second kappa shape index (κ2) is 7.19. The average molecular weight is 314 g/mol. The Morgan fingerprint density at radius 3 is 2.33 bits per heavy atom. The molecule has 0 aliphatic carbocycles. The third kappa shape index (κ3) is 5.92. The van der Waals surface area contributed by atoms with Crippen LogP contribution in [0.2, 0.25) is 0 Å². The minimum absolute atomic E-state index is 0.0549. The van der Waals surface area contributed by atoms with Gasteiger partial charge in [0, 0.05) is 11.9 Å². The van der Waals surface area contributed by atoms with Crippen LogP contribution < -0.4 is 10.6 Å². The van der Waals surface area contributed by atoms with E-state index in [2.05, 4.69) is 0 Å². The van der Waals surface area contributed by atoms with E-state index in [1.807, 2.05) is 0 Å². The number of nitrogens with zero attached hydrogens (tertiary/aromatic N) is 1. The lowest BCUT2D eigenvalue weighted by Gasteiger charge is -2.24. The molecule has 1 amide bonds. The summed E-state index contributed by atoms with van der Waals surface area (Å²) in [5.41, 5.74) is 6.09. The zero-order chi connectivity index (χ0) is 16.0.